The normalized spacial score (nSPS) is 13.6. The summed E-state index contributed by atoms with van der Waals surface area (Å²) in [6, 6.07) is 7.60. The Hall–Kier alpha value is -2.34. The number of carboxylic acids is 1. The molecule has 0 saturated heterocycles. The molecule has 1 N–H and O–H groups in total. The predicted molar refractivity (Wildman–Crippen MR) is 95.1 cm³/mol. The Bertz CT molecular complexity index is 694. The number of aromatic nitrogens is 2. The first-order valence-electron chi connectivity index (χ1n) is 8.36. The number of carboxylic acid groups (broad SMARTS) is 1. The molecule has 0 radical (unpaired) electrons. The van der Waals surface area contributed by atoms with E-state index in [4.69, 9.17) is 9.47 Å². The number of methoxy groups -OCH3 is 1. The lowest BCUT2D eigenvalue weighted by atomic mass is 10.0. The summed E-state index contributed by atoms with van der Waals surface area (Å²) in [7, 11) is 1.67. The maximum absolute atomic E-state index is 11.8. The van der Waals surface area contributed by atoms with E-state index < -0.39 is 11.5 Å². The lowest BCUT2D eigenvalue weighted by molar-refractivity contribution is -0.148. The molecule has 0 saturated carbocycles. The number of hydrogen-bond acceptors (Lipinski definition) is 4. The summed E-state index contributed by atoms with van der Waals surface area (Å²) >= 11 is 0. The third-order valence-corrected chi connectivity index (χ3v) is 4.27. The lowest BCUT2D eigenvalue weighted by Crippen LogP contribution is -2.44. The van der Waals surface area contributed by atoms with Crippen LogP contribution in [-0.4, -0.2) is 41.2 Å². The van der Waals surface area contributed by atoms with E-state index in [2.05, 4.69) is 5.10 Å². The van der Waals surface area contributed by atoms with Crippen LogP contribution in [0, 0.1) is 0 Å². The van der Waals surface area contributed by atoms with Crippen LogP contribution in [0.1, 0.15) is 37.8 Å². The first kappa shape index (κ1) is 19.0. The molecule has 0 aliphatic heterocycles. The number of carbonyl (C=O) groups is 1. The number of ether oxygens (including phenoxy) is 2. The van der Waals surface area contributed by atoms with Crippen LogP contribution in [0.4, 0.5) is 0 Å². The predicted octanol–water partition coefficient (Wildman–Crippen LogP) is 3.07. The minimum Gasteiger partial charge on any atom is -0.490 e. The Morgan fingerprint density at radius 2 is 2.00 bits per heavy atom. The van der Waals surface area contributed by atoms with E-state index in [1.165, 1.54) is 4.68 Å². The molecule has 1 atom stereocenters. The second kappa shape index (κ2) is 8.16. The summed E-state index contributed by atoms with van der Waals surface area (Å²) in [6.45, 7) is 6.34. The molecule has 0 aliphatic rings. The number of aliphatic carboxylic acids is 1. The molecule has 6 nitrogen and oxygen atoms in total. The summed E-state index contributed by atoms with van der Waals surface area (Å²) in [5.41, 5.74) is 0.862. The van der Waals surface area contributed by atoms with Gasteiger partial charge in [-0.2, -0.15) is 5.10 Å². The fourth-order valence-electron chi connectivity index (χ4n) is 2.33. The van der Waals surface area contributed by atoms with Crippen molar-refractivity contribution in [2.75, 3.05) is 20.3 Å². The molecule has 1 unspecified atom stereocenters. The van der Waals surface area contributed by atoms with Gasteiger partial charge in [0.1, 0.15) is 12.4 Å². The average molecular weight is 346 g/mol. The molecule has 1 heterocycles. The molecule has 2 rings (SSSR count). The van der Waals surface area contributed by atoms with Gasteiger partial charge in [0.05, 0.1) is 12.8 Å². The number of rotatable bonds is 9. The minimum atomic E-state index is -1.28. The number of benzene rings is 1. The van der Waals surface area contributed by atoms with Crippen LogP contribution in [0.2, 0.25) is 0 Å². The molecule has 0 amide bonds. The van der Waals surface area contributed by atoms with Gasteiger partial charge in [0.15, 0.2) is 5.54 Å². The summed E-state index contributed by atoms with van der Waals surface area (Å²) in [6.07, 6.45) is 4.31. The zero-order valence-electron chi connectivity index (χ0n) is 15.2. The van der Waals surface area contributed by atoms with Crippen LogP contribution in [-0.2, 0) is 21.5 Å². The average Bonchev–Trinajstić information content (AvgIpc) is 3.09. The van der Waals surface area contributed by atoms with Gasteiger partial charge in [-0.15, -0.1) is 0 Å². The van der Waals surface area contributed by atoms with Gasteiger partial charge < -0.3 is 14.6 Å². The van der Waals surface area contributed by atoms with E-state index >= 15 is 0 Å². The lowest BCUT2D eigenvalue weighted by Gasteiger charge is -2.25. The van der Waals surface area contributed by atoms with Gasteiger partial charge >= 0.3 is 5.97 Å². The SMILES string of the molecule is COCCc1ccc(OCC(C)(C(=O)O)n2cc(C(C)C)cn2)cc1. The molecule has 0 spiro atoms. The zero-order chi connectivity index (χ0) is 18.4. The van der Waals surface area contributed by atoms with Gasteiger partial charge in [-0.1, -0.05) is 26.0 Å². The number of nitrogens with zero attached hydrogens (tertiary/aromatic N) is 2. The van der Waals surface area contributed by atoms with E-state index in [-0.39, 0.29) is 12.5 Å². The highest BCUT2D eigenvalue weighted by molar-refractivity contribution is 5.76. The van der Waals surface area contributed by atoms with E-state index in [9.17, 15) is 9.90 Å². The quantitative estimate of drug-likeness (QED) is 0.755. The first-order chi connectivity index (χ1) is 11.9. The molecule has 136 valence electrons. The smallest absolute Gasteiger partial charge is 0.334 e. The second-order valence-corrected chi connectivity index (χ2v) is 6.63. The summed E-state index contributed by atoms with van der Waals surface area (Å²) in [4.78, 5) is 11.8. The third-order valence-electron chi connectivity index (χ3n) is 4.27. The highest BCUT2D eigenvalue weighted by Gasteiger charge is 2.37. The zero-order valence-corrected chi connectivity index (χ0v) is 15.2. The van der Waals surface area contributed by atoms with Crippen molar-refractivity contribution >= 4 is 5.97 Å². The topological polar surface area (TPSA) is 73.6 Å². The summed E-state index contributed by atoms with van der Waals surface area (Å²) in [5.74, 6) is -0.0696. The fourth-order valence-corrected chi connectivity index (χ4v) is 2.33. The van der Waals surface area contributed by atoms with Crippen molar-refractivity contribution < 1.29 is 19.4 Å². The van der Waals surface area contributed by atoms with Crippen LogP contribution in [0.15, 0.2) is 36.7 Å². The van der Waals surface area contributed by atoms with E-state index in [0.717, 1.165) is 17.5 Å². The molecule has 25 heavy (non-hydrogen) atoms. The van der Waals surface area contributed by atoms with Gasteiger partial charge in [0.25, 0.3) is 0 Å². The Labute approximate surface area is 148 Å². The van der Waals surface area contributed by atoms with Crippen molar-refractivity contribution in [2.24, 2.45) is 0 Å². The monoisotopic (exact) mass is 346 g/mol. The summed E-state index contributed by atoms with van der Waals surface area (Å²) < 4.78 is 12.3. The van der Waals surface area contributed by atoms with Gasteiger partial charge in [-0.05, 0) is 42.5 Å². The molecule has 0 bridgehead atoms. The van der Waals surface area contributed by atoms with Crippen LogP contribution in [0.3, 0.4) is 0 Å². The largest absolute Gasteiger partial charge is 0.490 e. The fraction of sp³-hybridized carbons (Fsp3) is 0.474. The second-order valence-electron chi connectivity index (χ2n) is 6.63. The molecule has 1 aromatic heterocycles. The van der Waals surface area contributed by atoms with Crippen LogP contribution < -0.4 is 4.74 Å². The maximum atomic E-state index is 11.8. The van der Waals surface area contributed by atoms with Crippen molar-refractivity contribution in [2.45, 2.75) is 38.6 Å². The van der Waals surface area contributed by atoms with Gasteiger partial charge in [0, 0.05) is 13.3 Å². The molecule has 0 aliphatic carbocycles. The first-order valence-corrected chi connectivity index (χ1v) is 8.36. The van der Waals surface area contributed by atoms with Gasteiger partial charge in [0.2, 0.25) is 0 Å². The van der Waals surface area contributed by atoms with Crippen molar-refractivity contribution in [3.63, 3.8) is 0 Å². The van der Waals surface area contributed by atoms with Crippen LogP contribution in [0.25, 0.3) is 0 Å². The molecular formula is C19H26N2O4. The Morgan fingerprint density at radius 3 is 2.52 bits per heavy atom. The van der Waals surface area contributed by atoms with E-state index in [1.807, 2.05) is 38.1 Å². The van der Waals surface area contributed by atoms with Crippen molar-refractivity contribution in [3.8, 4) is 5.75 Å². The molecule has 2 aromatic rings. The summed E-state index contributed by atoms with van der Waals surface area (Å²) in [5, 5.41) is 13.9. The van der Waals surface area contributed by atoms with Crippen molar-refractivity contribution in [3.05, 3.63) is 47.8 Å². The Morgan fingerprint density at radius 1 is 1.32 bits per heavy atom. The van der Waals surface area contributed by atoms with Gasteiger partial charge in [-0.25, -0.2) is 4.79 Å². The van der Waals surface area contributed by atoms with Crippen LogP contribution in [0.5, 0.6) is 5.75 Å². The Balaban J connectivity index is 2.09. The minimum absolute atomic E-state index is 0.0149. The Kier molecular flexibility index (Phi) is 6.20. The van der Waals surface area contributed by atoms with Gasteiger partial charge in [-0.3, -0.25) is 4.68 Å². The van der Waals surface area contributed by atoms with Crippen molar-refractivity contribution in [1.29, 1.82) is 0 Å². The standard InChI is InChI=1S/C19H26N2O4/c1-14(2)16-11-20-21(12-16)19(3,18(22)23)13-25-17-7-5-15(6-8-17)9-10-24-4/h5-8,11-12,14H,9-10,13H2,1-4H3,(H,22,23). The maximum Gasteiger partial charge on any atom is 0.334 e. The van der Waals surface area contributed by atoms with E-state index in [0.29, 0.717) is 12.4 Å². The molecule has 1 aromatic carbocycles. The third kappa shape index (κ3) is 4.60. The van der Waals surface area contributed by atoms with Crippen molar-refractivity contribution in [1.82, 2.24) is 9.78 Å². The highest BCUT2D eigenvalue weighted by atomic mass is 16.5. The number of hydrogen-bond donors (Lipinski definition) is 1. The van der Waals surface area contributed by atoms with E-state index in [1.54, 1.807) is 26.4 Å². The van der Waals surface area contributed by atoms with Crippen LogP contribution >= 0.6 is 0 Å². The highest BCUT2D eigenvalue weighted by Crippen LogP contribution is 2.22. The molecular weight excluding hydrogens is 320 g/mol. The molecule has 6 heteroatoms. The molecule has 0 fully saturated rings.